The predicted octanol–water partition coefficient (Wildman–Crippen LogP) is 3.14. The van der Waals surface area contributed by atoms with Crippen molar-refractivity contribution in [3.05, 3.63) is 88.2 Å². The van der Waals surface area contributed by atoms with E-state index in [1.54, 1.807) is 12.1 Å². The van der Waals surface area contributed by atoms with Crippen LogP contribution in [-0.2, 0) is 6.42 Å². The summed E-state index contributed by atoms with van der Waals surface area (Å²) < 4.78 is 0. The van der Waals surface area contributed by atoms with Crippen LogP contribution in [0, 0.1) is 0 Å². The van der Waals surface area contributed by atoms with Gasteiger partial charge in [-0.2, -0.15) is 0 Å². The average molecular weight is 318 g/mol. The number of hydrogen-bond donors (Lipinski definition) is 2. The van der Waals surface area contributed by atoms with Gasteiger partial charge < -0.3 is 10.3 Å². The average Bonchev–Trinajstić information content (AvgIpc) is 2.61. The highest BCUT2D eigenvalue weighted by atomic mass is 16.2. The third kappa shape index (κ3) is 3.43. The van der Waals surface area contributed by atoms with Crippen molar-refractivity contribution in [3.63, 3.8) is 0 Å². The molecule has 0 aliphatic rings. The summed E-state index contributed by atoms with van der Waals surface area (Å²) in [7, 11) is 0. The van der Waals surface area contributed by atoms with Gasteiger partial charge in [-0.05, 0) is 35.1 Å². The van der Waals surface area contributed by atoms with E-state index in [0.717, 1.165) is 22.0 Å². The molecule has 0 radical (unpaired) electrons. The first-order valence-electron chi connectivity index (χ1n) is 7.79. The van der Waals surface area contributed by atoms with Crippen LogP contribution in [0.15, 0.2) is 66.0 Å². The number of amides is 1. The molecule has 0 atom stereocenters. The van der Waals surface area contributed by atoms with Crippen molar-refractivity contribution in [3.8, 4) is 0 Å². The third-order valence-corrected chi connectivity index (χ3v) is 3.91. The van der Waals surface area contributed by atoms with E-state index in [2.05, 4.69) is 16.9 Å². The molecule has 0 aliphatic carbocycles. The summed E-state index contributed by atoms with van der Waals surface area (Å²) in [6, 6.07) is 17.0. The lowest BCUT2D eigenvalue weighted by Crippen LogP contribution is -2.31. The second kappa shape index (κ2) is 6.96. The van der Waals surface area contributed by atoms with Crippen LogP contribution in [0.25, 0.3) is 17.0 Å². The standard InChI is InChI=1S/C20H18N2O2/c1-2-14-7-9-15(10-8-14)11-12-21-19(23)17-13-16-5-3-4-6-18(16)22-20(17)24/h2-10,13H,1,11-12H2,(H,21,23)(H,22,24). The van der Waals surface area contributed by atoms with Gasteiger partial charge in [0, 0.05) is 12.1 Å². The predicted molar refractivity (Wildman–Crippen MR) is 97.1 cm³/mol. The molecule has 0 saturated carbocycles. The number of nitrogens with one attached hydrogen (secondary N) is 2. The molecule has 0 bridgehead atoms. The van der Waals surface area contributed by atoms with Crippen molar-refractivity contribution < 1.29 is 4.79 Å². The van der Waals surface area contributed by atoms with E-state index in [-0.39, 0.29) is 17.0 Å². The lowest BCUT2D eigenvalue weighted by atomic mass is 10.1. The van der Waals surface area contributed by atoms with E-state index >= 15 is 0 Å². The summed E-state index contributed by atoms with van der Waals surface area (Å²) in [4.78, 5) is 27.0. The summed E-state index contributed by atoms with van der Waals surface area (Å²) >= 11 is 0. The van der Waals surface area contributed by atoms with E-state index in [1.807, 2.05) is 48.5 Å². The summed E-state index contributed by atoms with van der Waals surface area (Å²) in [5.41, 5.74) is 2.66. The third-order valence-electron chi connectivity index (χ3n) is 3.91. The Bertz CT molecular complexity index is 940. The lowest BCUT2D eigenvalue weighted by molar-refractivity contribution is 0.0953. The SMILES string of the molecule is C=Cc1ccc(CCNC(=O)c2cc3ccccc3[nH]c2=O)cc1. The number of rotatable bonds is 5. The number of benzene rings is 2. The van der Waals surface area contributed by atoms with E-state index in [4.69, 9.17) is 0 Å². The first kappa shape index (κ1) is 15.7. The van der Waals surface area contributed by atoms with Gasteiger partial charge in [0.05, 0.1) is 0 Å². The zero-order valence-electron chi connectivity index (χ0n) is 13.2. The van der Waals surface area contributed by atoms with Crippen molar-refractivity contribution in [2.75, 3.05) is 6.54 Å². The molecule has 0 aliphatic heterocycles. The number of carbonyl (C=O) groups is 1. The highest BCUT2D eigenvalue weighted by Gasteiger charge is 2.11. The zero-order chi connectivity index (χ0) is 16.9. The number of fused-ring (bicyclic) bond motifs is 1. The quantitative estimate of drug-likeness (QED) is 0.759. The van der Waals surface area contributed by atoms with Gasteiger partial charge in [-0.15, -0.1) is 0 Å². The van der Waals surface area contributed by atoms with Crippen molar-refractivity contribution >= 4 is 22.9 Å². The Morgan fingerprint density at radius 3 is 2.62 bits per heavy atom. The number of aromatic amines is 1. The highest BCUT2D eigenvalue weighted by Crippen LogP contribution is 2.10. The van der Waals surface area contributed by atoms with Crippen LogP contribution in [-0.4, -0.2) is 17.4 Å². The molecule has 1 amide bonds. The maximum Gasteiger partial charge on any atom is 0.261 e. The van der Waals surface area contributed by atoms with Crippen LogP contribution >= 0.6 is 0 Å². The Morgan fingerprint density at radius 2 is 1.88 bits per heavy atom. The number of para-hydroxylation sites is 1. The monoisotopic (exact) mass is 318 g/mol. The highest BCUT2D eigenvalue weighted by molar-refractivity contribution is 5.97. The summed E-state index contributed by atoms with van der Waals surface area (Å²) in [6.45, 7) is 4.19. The van der Waals surface area contributed by atoms with Crippen LogP contribution in [0.1, 0.15) is 21.5 Å². The van der Waals surface area contributed by atoms with Crippen molar-refractivity contribution in [1.82, 2.24) is 10.3 Å². The topological polar surface area (TPSA) is 62.0 Å². The second-order valence-corrected chi connectivity index (χ2v) is 5.55. The fourth-order valence-corrected chi connectivity index (χ4v) is 2.55. The van der Waals surface area contributed by atoms with E-state index in [1.165, 1.54) is 0 Å². The molecule has 0 unspecified atom stereocenters. The molecular formula is C20H18N2O2. The minimum atomic E-state index is -0.374. The van der Waals surface area contributed by atoms with Crippen molar-refractivity contribution in [2.45, 2.75) is 6.42 Å². The maximum absolute atomic E-state index is 12.3. The van der Waals surface area contributed by atoms with Crippen LogP contribution in [0.5, 0.6) is 0 Å². The Morgan fingerprint density at radius 1 is 1.12 bits per heavy atom. The number of aromatic nitrogens is 1. The van der Waals surface area contributed by atoms with Gasteiger partial charge in [0.2, 0.25) is 0 Å². The molecule has 24 heavy (non-hydrogen) atoms. The van der Waals surface area contributed by atoms with Gasteiger partial charge in [-0.1, -0.05) is 55.1 Å². The van der Waals surface area contributed by atoms with Gasteiger partial charge >= 0.3 is 0 Å². The molecular weight excluding hydrogens is 300 g/mol. The van der Waals surface area contributed by atoms with Crippen LogP contribution in [0.3, 0.4) is 0 Å². The zero-order valence-corrected chi connectivity index (χ0v) is 13.2. The van der Waals surface area contributed by atoms with Gasteiger partial charge in [-0.25, -0.2) is 0 Å². The summed E-state index contributed by atoms with van der Waals surface area (Å²) in [5.74, 6) is -0.357. The smallest absolute Gasteiger partial charge is 0.261 e. The molecule has 3 aromatic rings. The molecule has 1 aromatic heterocycles. The Balaban J connectivity index is 1.67. The van der Waals surface area contributed by atoms with Crippen LogP contribution < -0.4 is 10.9 Å². The normalized spacial score (nSPS) is 10.5. The molecule has 1 heterocycles. The van der Waals surface area contributed by atoms with Gasteiger partial charge in [-0.3, -0.25) is 9.59 Å². The van der Waals surface area contributed by atoms with Gasteiger partial charge in [0.25, 0.3) is 11.5 Å². The molecule has 2 N–H and O–H groups in total. The number of pyridine rings is 1. The fraction of sp³-hybridized carbons (Fsp3) is 0.100. The van der Waals surface area contributed by atoms with E-state index in [0.29, 0.717) is 13.0 Å². The fourth-order valence-electron chi connectivity index (χ4n) is 2.55. The lowest BCUT2D eigenvalue weighted by Gasteiger charge is -2.06. The molecule has 3 rings (SSSR count). The van der Waals surface area contributed by atoms with Gasteiger partial charge in [0.1, 0.15) is 5.56 Å². The minimum Gasteiger partial charge on any atom is -0.352 e. The van der Waals surface area contributed by atoms with Crippen LogP contribution in [0.2, 0.25) is 0 Å². The summed E-state index contributed by atoms with van der Waals surface area (Å²) in [5, 5.41) is 3.64. The molecule has 0 fully saturated rings. The molecule has 2 aromatic carbocycles. The Kier molecular flexibility index (Phi) is 4.57. The molecule has 4 nitrogen and oxygen atoms in total. The molecule has 0 saturated heterocycles. The first-order chi connectivity index (χ1) is 11.7. The molecule has 4 heteroatoms. The van der Waals surface area contributed by atoms with Crippen LogP contribution in [0.4, 0.5) is 0 Å². The number of H-pyrrole nitrogens is 1. The number of carbonyl (C=O) groups excluding carboxylic acids is 1. The second-order valence-electron chi connectivity index (χ2n) is 5.55. The first-order valence-corrected chi connectivity index (χ1v) is 7.79. The van der Waals surface area contributed by atoms with E-state index in [9.17, 15) is 9.59 Å². The largest absolute Gasteiger partial charge is 0.352 e. The van der Waals surface area contributed by atoms with Gasteiger partial charge in [0.15, 0.2) is 0 Å². The molecule has 120 valence electrons. The van der Waals surface area contributed by atoms with Crippen molar-refractivity contribution in [1.29, 1.82) is 0 Å². The molecule has 0 spiro atoms. The maximum atomic E-state index is 12.3. The summed E-state index contributed by atoms with van der Waals surface area (Å²) in [6.07, 6.45) is 2.49. The number of hydrogen-bond acceptors (Lipinski definition) is 2. The Hall–Kier alpha value is -3.14. The Labute approximate surface area is 139 Å². The van der Waals surface area contributed by atoms with Crippen molar-refractivity contribution in [2.24, 2.45) is 0 Å². The van der Waals surface area contributed by atoms with E-state index < -0.39 is 0 Å². The minimum absolute atomic E-state index is 0.135.